The third-order valence-electron chi connectivity index (χ3n) is 4.33. The average molecular weight is 456 g/mol. The highest BCUT2D eigenvalue weighted by Crippen LogP contribution is 2.17. The molecule has 0 aliphatic rings. The summed E-state index contributed by atoms with van der Waals surface area (Å²) >= 11 is 7.36. The van der Waals surface area contributed by atoms with Crippen molar-refractivity contribution < 1.29 is 9.59 Å². The van der Waals surface area contributed by atoms with Gasteiger partial charge in [0.15, 0.2) is 11.0 Å². The van der Waals surface area contributed by atoms with Crippen molar-refractivity contribution in [2.75, 3.05) is 5.75 Å². The van der Waals surface area contributed by atoms with Crippen molar-refractivity contribution in [1.29, 1.82) is 0 Å². The summed E-state index contributed by atoms with van der Waals surface area (Å²) in [7, 11) is 1.80. The van der Waals surface area contributed by atoms with E-state index in [1.54, 1.807) is 23.8 Å². The van der Waals surface area contributed by atoms with E-state index < -0.39 is 0 Å². The second-order valence-corrected chi connectivity index (χ2v) is 7.93. The topological polar surface area (TPSA) is 88.9 Å². The van der Waals surface area contributed by atoms with Crippen LogP contribution in [-0.4, -0.2) is 32.3 Å². The molecule has 0 fully saturated rings. The van der Waals surface area contributed by atoms with Gasteiger partial charge in [-0.15, -0.1) is 10.2 Å². The third kappa shape index (κ3) is 6.97. The minimum Gasteiger partial charge on any atom is -0.351 e. The van der Waals surface area contributed by atoms with Crippen molar-refractivity contribution in [3.63, 3.8) is 0 Å². The summed E-state index contributed by atoms with van der Waals surface area (Å²) < 4.78 is 1.76. The van der Waals surface area contributed by atoms with E-state index >= 15 is 0 Å². The SMILES string of the molecule is Cn1c(CNC(=O)C=Cc2ccccc2Cl)nnc1SCC(=O)NCc1ccccc1. The Hall–Kier alpha value is -3.10. The summed E-state index contributed by atoms with van der Waals surface area (Å²) in [4.78, 5) is 24.1. The molecule has 0 saturated heterocycles. The molecular weight excluding hydrogens is 434 g/mol. The number of carbonyl (C=O) groups excluding carboxylic acids is 2. The Balaban J connectivity index is 1.44. The van der Waals surface area contributed by atoms with Crippen LogP contribution in [0.5, 0.6) is 0 Å². The number of nitrogens with zero attached hydrogens (tertiary/aromatic N) is 3. The minimum atomic E-state index is -0.266. The van der Waals surface area contributed by atoms with E-state index in [4.69, 9.17) is 11.6 Å². The van der Waals surface area contributed by atoms with E-state index in [0.717, 1.165) is 11.1 Å². The predicted molar refractivity (Wildman–Crippen MR) is 122 cm³/mol. The molecule has 0 radical (unpaired) electrons. The lowest BCUT2D eigenvalue weighted by Gasteiger charge is -2.06. The van der Waals surface area contributed by atoms with Gasteiger partial charge in [0.05, 0.1) is 12.3 Å². The fraction of sp³-hybridized carbons (Fsp3) is 0.182. The lowest BCUT2D eigenvalue weighted by Crippen LogP contribution is -2.24. The van der Waals surface area contributed by atoms with Crippen molar-refractivity contribution in [3.8, 4) is 0 Å². The van der Waals surface area contributed by atoms with Crippen molar-refractivity contribution >= 4 is 41.3 Å². The van der Waals surface area contributed by atoms with Crippen LogP contribution in [0.2, 0.25) is 5.02 Å². The van der Waals surface area contributed by atoms with Gasteiger partial charge in [0.25, 0.3) is 0 Å². The van der Waals surface area contributed by atoms with Crippen molar-refractivity contribution in [2.24, 2.45) is 7.05 Å². The van der Waals surface area contributed by atoms with Gasteiger partial charge in [-0.1, -0.05) is 71.9 Å². The Kier molecular flexibility index (Phi) is 8.26. The van der Waals surface area contributed by atoms with Crippen LogP contribution in [0.15, 0.2) is 65.8 Å². The molecule has 7 nitrogen and oxygen atoms in total. The number of aromatic nitrogens is 3. The molecule has 0 bridgehead atoms. The molecule has 0 saturated carbocycles. The van der Waals surface area contributed by atoms with E-state index in [1.807, 2.05) is 48.5 Å². The van der Waals surface area contributed by atoms with Gasteiger partial charge in [0, 0.05) is 24.7 Å². The first-order chi connectivity index (χ1) is 15.0. The monoisotopic (exact) mass is 455 g/mol. The molecule has 2 N–H and O–H groups in total. The van der Waals surface area contributed by atoms with Crippen LogP contribution >= 0.6 is 23.4 Å². The summed E-state index contributed by atoms with van der Waals surface area (Å²) in [5.41, 5.74) is 1.81. The second-order valence-electron chi connectivity index (χ2n) is 6.58. The van der Waals surface area contributed by atoms with Gasteiger partial charge >= 0.3 is 0 Å². The molecule has 0 spiro atoms. The Morgan fingerprint density at radius 2 is 1.77 bits per heavy atom. The fourth-order valence-corrected chi connectivity index (χ4v) is 3.56. The van der Waals surface area contributed by atoms with E-state index in [9.17, 15) is 9.59 Å². The molecule has 2 aromatic carbocycles. The maximum Gasteiger partial charge on any atom is 0.244 e. The Labute approximate surface area is 189 Å². The van der Waals surface area contributed by atoms with Crippen molar-refractivity contribution in [2.45, 2.75) is 18.2 Å². The van der Waals surface area contributed by atoms with Crippen LogP contribution in [-0.2, 0) is 29.7 Å². The maximum atomic E-state index is 12.1. The summed E-state index contributed by atoms with van der Waals surface area (Å²) in [6.07, 6.45) is 3.08. The molecule has 160 valence electrons. The summed E-state index contributed by atoms with van der Waals surface area (Å²) in [6, 6.07) is 17.0. The highest BCUT2D eigenvalue weighted by Gasteiger charge is 2.12. The van der Waals surface area contributed by atoms with Crippen LogP contribution in [0.4, 0.5) is 0 Å². The molecule has 31 heavy (non-hydrogen) atoms. The normalized spacial score (nSPS) is 10.9. The molecule has 2 amide bonds. The first-order valence-electron chi connectivity index (χ1n) is 9.55. The third-order valence-corrected chi connectivity index (χ3v) is 5.69. The van der Waals surface area contributed by atoms with Gasteiger partial charge in [0.1, 0.15) is 0 Å². The van der Waals surface area contributed by atoms with E-state index in [2.05, 4.69) is 20.8 Å². The molecule has 3 aromatic rings. The molecule has 1 heterocycles. The number of thioether (sulfide) groups is 1. The number of nitrogens with one attached hydrogen (secondary N) is 2. The molecular formula is C22H22ClN5O2S. The van der Waals surface area contributed by atoms with E-state index in [1.165, 1.54) is 17.8 Å². The van der Waals surface area contributed by atoms with Crippen LogP contribution < -0.4 is 10.6 Å². The van der Waals surface area contributed by atoms with Crippen LogP contribution in [0.25, 0.3) is 6.08 Å². The number of halogens is 1. The maximum absolute atomic E-state index is 12.1. The zero-order valence-electron chi connectivity index (χ0n) is 16.9. The van der Waals surface area contributed by atoms with Crippen molar-refractivity contribution in [1.82, 2.24) is 25.4 Å². The molecule has 3 rings (SSSR count). The molecule has 1 aromatic heterocycles. The summed E-state index contributed by atoms with van der Waals surface area (Å²) in [5, 5.41) is 15.0. The molecule has 0 aliphatic heterocycles. The zero-order chi connectivity index (χ0) is 22.1. The standard InChI is InChI=1S/C22H22ClN5O2S/c1-28-19(14-25-20(29)12-11-17-9-5-6-10-18(17)23)26-27-22(28)31-15-21(30)24-13-16-7-3-2-4-8-16/h2-12H,13-15H2,1H3,(H,24,30)(H,25,29). The first kappa shape index (κ1) is 22.6. The fourth-order valence-electron chi connectivity index (χ4n) is 2.60. The number of hydrogen-bond donors (Lipinski definition) is 2. The number of carbonyl (C=O) groups is 2. The van der Waals surface area contributed by atoms with Crippen LogP contribution in [0.1, 0.15) is 17.0 Å². The lowest BCUT2D eigenvalue weighted by molar-refractivity contribution is -0.119. The highest BCUT2D eigenvalue weighted by molar-refractivity contribution is 7.99. The molecule has 0 aliphatic carbocycles. The second kappa shape index (κ2) is 11.3. The van der Waals surface area contributed by atoms with Gasteiger partial charge < -0.3 is 15.2 Å². The van der Waals surface area contributed by atoms with Crippen molar-refractivity contribution in [3.05, 3.63) is 82.6 Å². The smallest absolute Gasteiger partial charge is 0.244 e. The predicted octanol–water partition coefficient (Wildman–Crippen LogP) is 3.21. The van der Waals surface area contributed by atoms with Gasteiger partial charge in [0.2, 0.25) is 11.8 Å². The Morgan fingerprint density at radius 3 is 2.55 bits per heavy atom. The van der Waals surface area contributed by atoms with Crippen LogP contribution in [0, 0.1) is 0 Å². The van der Waals surface area contributed by atoms with E-state index in [0.29, 0.717) is 22.5 Å². The number of benzene rings is 2. The van der Waals surface area contributed by atoms with Gasteiger partial charge in [-0.05, 0) is 23.3 Å². The van der Waals surface area contributed by atoms with Gasteiger partial charge in [-0.3, -0.25) is 9.59 Å². The summed E-state index contributed by atoms with van der Waals surface area (Å²) in [6.45, 7) is 0.702. The average Bonchev–Trinajstić information content (AvgIpc) is 3.14. The zero-order valence-corrected chi connectivity index (χ0v) is 18.5. The van der Waals surface area contributed by atoms with Crippen LogP contribution in [0.3, 0.4) is 0 Å². The summed E-state index contributed by atoms with van der Waals surface area (Å²) in [5.74, 6) is 0.465. The number of hydrogen-bond acceptors (Lipinski definition) is 5. The minimum absolute atomic E-state index is 0.0867. The molecule has 0 atom stereocenters. The largest absolute Gasteiger partial charge is 0.351 e. The highest BCUT2D eigenvalue weighted by atomic mass is 35.5. The van der Waals surface area contributed by atoms with Gasteiger partial charge in [-0.25, -0.2) is 0 Å². The quantitative estimate of drug-likeness (QED) is 0.382. The van der Waals surface area contributed by atoms with Gasteiger partial charge in [-0.2, -0.15) is 0 Å². The number of amides is 2. The molecule has 0 unspecified atom stereocenters. The molecule has 9 heteroatoms. The lowest BCUT2D eigenvalue weighted by atomic mass is 10.2. The number of rotatable bonds is 9. The van der Waals surface area contributed by atoms with E-state index in [-0.39, 0.29) is 24.1 Å². The Morgan fingerprint density at radius 1 is 1.03 bits per heavy atom. The first-order valence-corrected chi connectivity index (χ1v) is 10.9. The Bertz CT molecular complexity index is 1070.